The van der Waals surface area contributed by atoms with Crippen molar-refractivity contribution in [3.8, 4) is 17.2 Å². The summed E-state index contributed by atoms with van der Waals surface area (Å²) in [5.74, 6) is 1.75. The highest BCUT2D eigenvalue weighted by Gasteiger charge is 2.35. The smallest absolute Gasteiger partial charge is 0.244 e. The molecule has 2 aliphatic heterocycles. The maximum absolute atomic E-state index is 12.2. The quantitative estimate of drug-likeness (QED) is 0.824. The normalized spacial score (nSPS) is 20.5. The number of benzene rings is 2. The number of hydrogen-bond acceptors (Lipinski definition) is 5. The molecule has 4 rings (SSSR count). The van der Waals surface area contributed by atoms with Crippen LogP contribution in [-0.4, -0.2) is 31.0 Å². The van der Waals surface area contributed by atoms with E-state index in [1.54, 1.807) is 6.08 Å². The molecule has 0 radical (unpaired) electrons. The Balaban J connectivity index is 1.40. The van der Waals surface area contributed by atoms with E-state index in [9.17, 15) is 9.90 Å². The lowest BCUT2D eigenvalue weighted by molar-refractivity contribution is -0.118. The molecule has 0 fully saturated rings. The van der Waals surface area contributed by atoms with Crippen molar-refractivity contribution in [3.05, 3.63) is 59.7 Å². The van der Waals surface area contributed by atoms with Gasteiger partial charge in [-0.25, -0.2) is 0 Å². The number of ether oxygens (including phenoxy) is 3. The predicted molar refractivity (Wildman–Crippen MR) is 95.1 cm³/mol. The Morgan fingerprint density at radius 3 is 2.88 bits per heavy atom. The Hall–Kier alpha value is -2.99. The number of amides is 1. The van der Waals surface area contributed by atoms with Gasteiger partial charge in [-0.05, 0) is 29.8 Å². The molecule has 0 aromatic heterocycles. The lowest BCUT2D eigenvalue weighted by Gasteiger charge is -2.34. The Morgan fingerprint density at radius 2 is 1.96 bits per heavy atom. The largest absolute Gasteiger partial charge is 0.493 e. The second-order valence-electron chi connectivity index (χ2n) is 6.29. The summed E-state index contributed by atoms with van der Waals surface area (Å²) >= 11 is 0. The van der Waals surface area contributed by atoms with Gasteiger partial charge < -0.3 is 24.6 Å². The number of carbonyl (C=O) groups is 1. The van der Waals surface area contributed by atoms with Crippen LogP contribution in [0.15, 0.2) is 48.5 Å². The minimum absolute atomic E-state index is 0.123. The third-order valence-electron chi connectivity index (χ3n) is 4.54. The van der Waals surface area contributed by atoms with Crippen LogP contribution < -0.4 is 19.5 Å². The monoisotopic (exact) mass is 353 g/mol. The van der Waals surface area contributed by atoms with Gasteiger partial charge in [0.1, 0.15) is 11.4 Å². The number of aliphatic hydroxyl groups is 1. The fourth-order valence-electron chi connectivity index (χ4n) is 3.11. The van der Waals surface area contributed by atoms with Crippen LogP contribution in [-0.2, 0) is 10.4 Å². The van der Waals surface area contributed by atoms with Gasteiger partial charge in [-0.3, -0.25) is 4.79 Å². The van der Waals surface area contributed by atoms with Crippen molar-refractivity contribution in [2.45, 2.75) is 12.0 Å². The third-order valence-corrected chi connectivity index (χ3v) is 4.54. The van der Waals surface area contributed by atoms with Crippen LogP contribution in [0.25, 0.3) is 6.08 Å². The molecule has 0 saturated heterocycles. The van der Waals surface area contributed by atoms with E-state index in [1.807, 2.05) is 42.5 Å². The summed E-state index contributed by atoms with van der Waals surface area (Å²) in [7, 11) is 0. The molecule has 2 aliphatic rings. The van der Waals surface area contributed by atoms with Crippen LogP contribution in [0.4, 0.5) is 0 Å². The zero-order valence-electron chi connectivity index (χ0n) is 14.1. The molecule has 2 aromatic rings. The fourth-order valence-corrected chi connectivity index (χ4v) is 3.11. The topological polar surface area (TPSA) is 77.0 Å². The highest BCUT2D eigenvalue weighted by molar-refractivity contribution is 5.91. The van der Waals surface area contributed by atoms with Gasteiger partial charge >= 0.3 is 0 Å². The van der Waals surface area contributed by atoms with Crippen molar-refractivity contribution in [1.82, 2.24) is 5.32 Å². The average molecular weight is 353 g/mol. The molecule has 2 heterocycles. The lowest BCUT2D eigenvalue weighted by Crippen LogP contribution is -2.43. The van der Waals surface area contributed by atoms with Crippen LogP contribution in [0.2, 0.25) is 0 Å². The molecular weight excluding hydrogens is 334 g/mol. The molecule has 0 spiro atoms. The van der Waals surface area contributed by atoms with E-state index < -0.39 is 5.60 Å². The molecule has 0 aliphatic carbocycles. The summed E-state index contributed by atoms with van der Waals surface area (Å²) in [4.78, 5) is 12.2. The van der Waals surface area contributed by atoms with Gasteiger partial charge in [0.25, 0.3) is 0 Å². The first-order valence-electron chi connectivity index (χ1n) is 8.44. The first kappa shape index (κ1) is 16.5. The minimum atomic E-state index is -1.13. The number of fused-ring (bicyclic) bond motifs is 2. The van der Waals surface area contributed by atoms with Crippen molar-refractivity contribution >= 4 is 12.0 Å². The Labute approximate surface area is 151 Å². The number of nitrogens with one attached hydrogen (secondary N) is 1. The summed E-state index contributed by atoms with van der Waals surface area (Å²) in [6.07, 6.45) is 3.56. The van der Waals surface area contributed by atoms with Crippen molar-refractivity contribution in [1.29, 1.82) is 0 Å². The van der Waals surface area contributed by atoms with Gasteiger partial charge in [-0.1, -0.05) is 24.3 Å². The van der Waals surface area contributed by atoms with Gasteiger partial charge in [0.15, 0.2) is 11.5 Å². The van der Waals surface area contributed by atoms with Crippen LogP contribution in [0.1, 0.15) is 17.5 Å². The summed E-state index contributed by atoms with van der Waals surface area (Å²) in [5, 5.41) is 13.7. The minimum Gasteiger partial charge on any atom is -0.493 e. The maximum Gasteiger partial charge on any atom is 0.244 e. The SMILES string of the molecule is O=C(/C=C/c1ccc2c(c1)OCO2)NC[C@]1(O)CCOc2ccccc21. The van der Waals surface area contributed by atoms with E-state index in [-0.39, 0.29) is 19.2 Å². The second-order valence-corrected chi connectivity index (χ2v) is 6.29. The van der Waals surface area contributed by atoms with E-state index in [0.29, 0.717) is 35.8 Å². The zero-order chi connectivity index (χ0) is 18.0. The van der Waals surface area contributed by atoms with Crippen molar-refractivity contribution in [2.24, 2.45) is 0 Å². The number of rotatable bonds is 4. The molecule has 0 saturated carbocycles. The maximum atomic E-state index is 12.2. The Bertz CT molecular complexity index is 863. The fraction of sp³-hybridized carbons (Fsp3) is 0.250. The summed E-state index contributed by atoms with van der Waals surface area (Å²) in [6, 6.07) is 12.8. The van der Waals surface area contributed by atoms with Crippen LogP contribution >= 0.6 is 0 Å². The molecule has 0 unspecified atom stereocenters. The van der Waals surface area contributed by atoms with Gasteiger partial charge in [0.2, 0.25) is 12.7 Å². The first-order valence-corrected chi connectivity index (χ1v) is 8.44. The molecule has 2 aromatic carbocycles. The lowest BCUT2D eigenvalue weighted by atomic mass is 9.88. The molecule has 0 bridgehead atoms. The third kappa shape index (κ3) is 3.23. The van der Waals surface area contributed by atoms with Crippen LogP contribution in [0, 0.1) is 0 Å². The van der Waals surface area contributed by atoms with Crippen molar-refractivity contribution in [3.63, 3.8) is 0 Å². The van der Waals surface area contributed by atoms with E-state index in [4.69, 9.17) is 14.2 Å². The first-order chi connectivity index (χ1) is 12.6. The summed E-state index contributed by atoms with van der Waals surface area (Å²) < 4.78 is 16.1. The molecular formula is C20H19NO5. The van der Waals surface area contributed by atoms with Crippen molar-refractivity contribution in [2.75, 3.05) is 19.9 Å². The van der Waals surface area contributed by atoms with E-state index >= 15 is 0 Å². The van der Waals surface area contributed by atoms with E-state index in [1.165, 1.54) is 6.08 Å². The second kappa shape index (κ2) is 6.72. The van der Waals surface area contributed by atoms with Crippen LogP contribution in [0.5, 0.6) is 17.2 Å². The molecule has 2 N–H and O–H groups in total. The average Bonchev–Trinajstić information content (AvgIpc) is 3.13. The van der Waals surface area contributed by atoms with E-state index in [2.05, 4.69) is 5.32 Å². The molecule has 6 heteroatoms. The van der Waals surface area contributed by atoms with E-state index in [0.717, 1.165) is 5.56 Å². The highest BCUT2D eigenvalue weighted by atomic mass is 16.7. The van der Waals surface area contributed by atoms with Crippen molar-refractivity contribution < 1.29 is 24.1 Å². The molecule has 1 amide bonds. The van der Waals surface area contributed by atoms with Crippen LogP contribution in [0.3, 0.4) is 0 Å². The van der Waals surface area contributed by atoms with Gasteiger partial charge in [0.05, 0.1) is 13.2 Å². The van der Waals surface area contributed by atoms with Gasteiger partial charge in [-0.15, -0.1) is 0 Å². The molecule has 26 heavy (non-hydrogen) atoms. The van der Waals surface area contributed by atoms with Gasteiger partial charge in [-0.2, -0.15) is 0 Å². The molecule has 1 atom stereocenters. The number of para-hydroxylation sites is 1. The standard InChI is InChI=1S/C20H19NO5/c22-19(8-6-14-5-7-17-18(11-14)26-13-25-17)21-12-20(23)9-10-24-16-4-2-1-3-15(16)20/h1-8,11,23H,9-10,12-13H2,(H,21,22)/b8-6+/t20-/m1/s1. The number of carbonyl (C=O) groups excluding carboxylic acids is 1. The van der Waals surface area contributed by atoms with Gasteiger partial charge in [0, 0.05) is 18.1 Å². The highest BCUT2D eigenvalue weighted by Crippen LogP contribution is 2.36. The summed E-state index contributed by atoms with van der Waals surface area (Å²) in [6.45, 7) is 0.751. The summed E-state index contributed by atoms with van der Waals surface area (Å²) in [5.41, 5.74) is 0.405. The predicted octanol–water partition coefficient (Wildman–Crippen LogP) is 2.21. The molecule has 134 valence electrons. The zero-order valence-corrected chi connectivity index (χ0v) is 14.1. The Morgan fingerprint density at radius 1 is 1.12 bits per heavy atom. The Kier molecular flexibility index (Phi) is 4.26. The molecule has 6 nitrogen and oxygen atoms in total. The number of hydrogen-bond donors (Lipinski definition) is 2.